The van der Waals surface area contributed by atoms with Crippen LogP contribution in [0.25, 0.3) is 55.8 Å². The monoisotopic (exact) mass is 878 g/mol. The molecule has 2 fully saturated rings. The van der Waals surface area contributed by atoms with E-state index in [1.807, 2.05) is 100 Å². The number of benzene rings is 1. The summed E-state index contributed by atoms with van der Waals surface area (Å²) in [7, 11) is 0. The molecule has 19 nitrogen and oxygen atoms in total. The van der Waals surface area contributed by atoms with Gasteiger partial charge in [0, 0.05) is 115 Å². The molecule has 0 unspecified atom stereocenters. The van der Waals surface area contributed by atoms with Gasteiger partial charge in [0.25, 0.3) is 0 Å². The van der Waals surface area contributed by atoms with E-state index >= 15 is 0 Å². The smallest absolute Gasteiger partial charge is 0.160 e. The highest BCUT2D eigenvalue weighted by Gasteiger charge is 2.20. The topological polar surface area (TPSA) is 202 Å². The molecular formula is C47H42N16O3. The molecule has 9 aromatic heterocycles. The van der Waals surface area contributed by atoms with Crippen LogP contribution in [-0.2, 0) is 9.47 Å². The summed E-state index contributed by atoms with van der Waals surface area (Å²) < 4.78 is 20.2. The van der Waals surface area contributed by atoms with E-state index in [0.717, 1.165) is 105 Å². The van der Waals surface area contributed by atoms with Crippen LogP contribution in [0, 0.1) is 0 Å². The van der Waals surface area contributed by atoms with E-state index in [9.17, 15) is 0 Å². The average molecular weight is 879 g/mol. The summed E-state index contributed by atoms with van der Waals surface area (Å²) in [6.07, 6.45) is 15.9. The van der Waals surface area contributed by atoms with Gasteiger partial charge in [0.05, 0.1) is 56.5 Å². The Hall–Kier alpha value is -8.55. The lowest BCUT2D eigenvalue weighted by atomic mass is 10.2. The normalized spacial score (nSPS) is 14.5. The molecule has 2 saturated heterocycles. The Bertz CT molecular complexity index is 3310. The zero-order valence-electron chi connectivity index (χ0n) is 35.5. The van der Waals surface area contributed by atoms with Gasteiger partial charge in [-0.15, -0.1) is 0 Å². The van der Waals surface area contributed by atoms with Crippen LogP contribution in [-0.4, -0.2) is 114 Å². The van der Waals surface area contributed by atoms with Crippen molar-refractivity contribution in [1.29, 1.82) is 0 Å². The van der Waals surface area contributed by atoms with Crippen LogP contribution in [0.1, 0.15) is 11.1 Å². The maximum absolute atomic E-state index is 5.54. The van der Waals surface area contributed by atoms with Crippen LogP contribution in [0.5, 0.6) is 0 Å². The average Bonchev–Trinajstić information content (AvgIpc) is 4.21. The number of morpholine rings is 2. The van der Waals surface area contributed by atoms with Gasteiger partial charge in [-0.2, -0.15) is 29.4 Å². The summed E-state index contributed by atoms with van der Waals surface area (Å²) >= 11 is 0. The minimum Gasteiger partial charge on any atom is -0.464 e. The fourth-order valence-corrected chi connectivity index (χ4v) is 7.88. The molecule has 328 valence electrons. The first kappa shape index (κ1) is 40.2. The summed E-state index contributed by atoms with van der Waals surface area (Å²) in [6, 6.07) is 27.4. The number of anilines is 4. The number of ether oxygens (including phenoxy) is 2. The molecule has 12 rings (SSSR count). The molecule has 0 aliphatic carbocycles. The van der Waals surface area contributed by atoms with Crippen LogP contribution in [0.2, 0.25) is 0 Å². The van der Waals surface area contributed by atoms with E-state index in [-0.39, 0.29) is 0 Å². The van der Waals surface area contributed by atoms with Crippen LogP contribution >= 0.6 is 0 Å². The molecule has 0 bridgehead atoms. The molecule has 1 aromatic carbocycles. The molecule has 2 aliphatic heterocycles. The van der Waals surface area contributed by atoms with E-state index in [1.54, 1.807) is 49.7 Å². The Morgan fingerprint density at radius 1 is 0.621 bits per heavy atom. The molecule has 19 heteroatoms. The van der Waals surface area contributed by atoms with Crippen molar-refractivity contribution < 1.29 is 13.9 Å². The number of aromatic nitrogens is 10. The number of hydrogen-bond donors (Lipinski definition) is 3. The number of pyridine rings is 3. The molecule has 0 amide bonds. The Labute approximate surface area is 376 Å². The van der Waals surface area contributed by atoms with Crippen LogP contribution < -0.4 is 20.7 Å². The van der Waals surface area contributed by atoms with Crippen molar-refractivity contribution >= 4 is 69.0 Å². The third-order valence-electron chi connectivity index (χ3n) is 11.2. The van der Waals surface area contributed by atoms with Crippen molar-refractivity contribution in [1.82, 2.24) is 49.1 Å². The Balaban J connectivity index is 0.000000146. The summed E-state index contributed by atoms with van der Waals surface area (Å²) in [5, 5.41) is 20.5. The highest BCUT2D eigenvalue weighted by atomic mass is 16.5. The maximum Gasteiger partial charge on any atom is 0.160 e. The van der Waals surface area contributed by atoms with E-state index in [2.05, 4.69) is 50.8 Å². The third kappa shape index (κ3) is 8.58. The molecule has 0 spiro atoms. The number of fused-ring (bicyclic) bond motifs is 4. The van der Waals surface area contributed by atoms with Crippen LogP contribution in [0.4, 0.5) is 23.3 Å². The van der Waals surface area contributed by atoms with E-state index in [1.165, 1.54) is 0 Å². The molecule has 10 aromatic rings. The van der Waals surface area contributed by atoms with Gasteiger partial charge in [0.15, 0.2) is 22.9 Å². The minimum absolute atomic E-state index is 0.638. The highest BCUT2D eigenvalue weighted by Crippen LogP contribution is 2.28. The van der Waals surface area contributed by atoms with Gasteiger partial charge in [0.2, 0.25) is 0 Å². The molecule has 2 aliphatic rings. The van der Waals surface area contributed by atoms with Gasteiger partial charge in [-0.25, -0.2) is 15.0 Å². The van der Waals surface area contributed by atoms with Gasteiger partial charge in [0.1, 0.15) is 22.9 Å². The van der Waals surface area contributed by atoms with Gasteiger partial charge in [-0.05, 0) is 66.2 Å². The standard InChI is InChI=1S/C24H21N7O2.C23H21N9O/c1-2-21-19(5-10-33-21)13-17(1)16-26-28-22-15-24(30-8-11-32-12-9-30)31-23(27-22)14-20(29-31)18-3-6-25-7-4-18;1-2-18-17(14-26-23(18)25-5-1)15-27-29-20-13-22(31-8-10-33-11-9-31)32-21(28-20)12-19(30-32)16-3-6-24-7-4-16/h1-7,10,13-16H,8-9,11-12H2,(H,27,28);1-7,12-15H,8-11H2,(H,25,26)(H,28,29)/b26-16+;27-15+. The molecule has 11 heterocycles. The van der Waals surface area contributed by atoms with Crippen molar-refractivity contribution in [3.63, 3.8) is 0 Å². The molecule has 0 saturated carbocycles. The first-order valence-electron chi connectivity index (χ1n) is 21.4. The summed E-state index contributed by atoms with van der Waals surface area (Å²) in [5.41, 5.74) is 14.9. The Morgan fingerprint density at radius 3 is 1.82 bits per heavy atom. The largest absolute Gasteiger partial charge is 0.464 e. The number of nitrogens with zero attached hydrogens (tertiary/aromatic N) is 13. The van der Waals surface area contributed by atoms with Crippen LogP contribution in [0.3, 0.4) is 0 Å². The third-order valence-corrected chi connectivity index (χ3v) is 11.2. The highest BCUT2D eigenvalue weighted by molar-refractivity contribution is 5.97. The number of aromatic amines is 1. The van der Waals surface area contributed by atoms with Crippen molar-refractivity contribution in [2.45, 2.75) is 0 Å². The SMILES string of the molecule is C(=N\Nc1cc(N2CCOCC2)n2nc(-c3ccncc3)cc2n1)/c1c[nH]c2ncccc12.C(=N\Nc1cc(N2CCOCC2)n2nc(-c3ccncc3)cc2n1)/c1ccc2occc2c1. The number of rotatable bonds is 10. The first-order valence-corrected chi connectivity index (χ1v) is 21.4. The number of hydrogen-bond acceptors (Lipinski definition) is 16. The Morgan fingerprint density at radius 2 is 1.21 bits per heavy atom. The second kappa shape index (κ2) is 18.3. The summed E-state index contributed by atoms with van der Waals surface area (Å²) in [4.78, 5) is 29.6. The lowest BCUT2D eigenvalue weighted by Gasteiger charge is -2.29. The van der Waals surface area contributed by atoms with E-state index < -0.39 is 0 Å². The molecule has 0 radical (unpaired) electrons. The zero-order chi connectivity index (χ0) is 44.1. The molecule has 3 N–H and O–H groups in total. The predicted octanol–water partition coefficient (Wildman–Crippen LogP) is 6.77. The van der Waals surface area contributed by atoms with Crippen molar-refractivity contribution in [2.24, 2.45) is 10.2 Å². The molecular weight excluding hydrogens is 837 g/mol. The number of nitrogens with one attached hydrogen (secondary N) is 3. The quantitative estimate of drug-likeness (QED) is 0.0960. The summed E-state index contributed by atoms with van der Waals surface area (Å²) in [5.74, 6) is 3.17. The fourth-order valence-electron chi connectivity index (χ4n) is 7.88. The number of H-pyrrole nitrogens is 1. The minimum atomic E-state index is 0.638. The fraction of sp³-hybridized carbons (Fsp3) is 0.170. The van der Waals surface area contributed by atoms with Gasteiger partial charge < -0.3 is 28.7 Å². The summed E-state index contributed by atoms with van der Waals surface area (Å²) in [6.45, 7) is 5.87. The van der Waals surface area contributed by atoms with Gasteiger partial charge >= 0.3 is 0 Å². The van der Waals surface area contributed by atoms with Crippen LogP contribution in [0.15, 0.2) is 143 Å². The second-order valence-corrected chi connectivity index (χ2v) is 15.4. The lowest BCUT2D eigenvalue weighted by Crippen LogP contribution is -2.37. The van der Waals surface area contributed by atoms with Crippen molar-refractivity contribution in [2.75, 3.05) is 73.3 Å². The number of hydrazone groups is 2. The van der Waals surface area contributed by atoms with Crippen molar-refractivity contribution in [3.8, 4) is 22.5 Å². The Kier molecular flexibility index (Phi) is 11.1. The van der Waals surface area contributed by atoms with E-state index in [4.69, 9.17) is 34.1 Å². The van der Waals surface area contributed by atoms with Gasteiger partial charge in [-0.1, -0.05) is 0 Å². The zero-order valence-corrected chi connectivity index (χ0v) is 35.5. The van der Waals surface area contributed by atoms with E-state index in [0.29, 0.717) is 38.1 Å². The van der Waals surface area contributed by atoms with Gasteiger partial charge in [-0.3, -0.25) is 20.8 Å². The second-order valence-electron chi connectivity index (χ2n) is 15.4. The van der Waals surface area contributed by atoms with Crippen molar-refractivity contribution in [3.05, 3.63) is 140 Å². The molecule has 0 atom stereocenters. The molecule has 66 heavy (non-hydrogen) atoms. The first-order chi connectivity index (χ1) is 32.7. The maximum atomic E-state index is 5.54. The predicted molar refractivity (Wildman–Crippen MR) is 253 cm³/mol. The number of furan rings is 1. The lowest BCUT2D eigenvalue weighted by molar-refractivity contribution is 0.122.